The van der Waals surface area contributed by atoms with Crippen molar-refractivity contribution in [3.8, 4) is 5.75 Å². The fourth-order valence-corrected chi connectivity index (χ4v) is 1.91. The third-order valence-corrected chi connectivity index (χ3v) is 2.93. The maximum Gasteiger partial charge on any atom is 0.224 e. The van der Waals surface area contributed by atoms with Gasteiger partial charge in [-0.2, -0.15) is 0 Å². The summed E-state index contributed by atoms with van der Waals surface area (Å²) in [5, 5.41) is 14.6. The van der Waals surface area contributed by atoms with Crippen molar-refractivity contribution < 1.29 is 9.90 Å². The van der Waals surface area contributed by atoms with E-state index < -0.39 is 0 Å². The van der Waals surface area contributed by atoms with Gasteiger partial charge in [-0.1, -0.05) is 43.7 Å². The quantitative estimate of drug-likeness (QED) is 0.805. The highest BCUT2D eigenvalue weighted by molar-refractivity contribution is 5.99. The van der Waals surface area contributed by atoms with Gasteiger partial charge in [0, 0.05) is 11.8 Å². The number of amides is 1. The van der Waals surface area contributed by atoms with Crippen LogP contribution in [0.3, 0.4) is 0 Å². The van der Waals surface area contributed by atoms with E-state index in [-0.39, 0.29) is 11.7 Å². The van der Waals surface area contributed by atoms with E-state index in [1.54, 1.807) is 6.07 Å². The molecule has 0 spiro atoms. The number of carbonyl (C=O) groups is 1. The average molecular weight is 243 g/mol. The predicted octanol–water partition coefficient (Wildman–Crippen LogP) is 3.67. The topological polar surface area (TPSA) is 49.3 Å². The Hall–Kier alpha value is -2.03. The number of fused-ring (bicyclic) bond motifs is 1. The summed E-state index contributed by atoms with van der Waals surface area (Å²) >= 11 is 0. The third-order valence-electron chi connectivity index (χ3n) is 2.93. The summed E-state index contributed by atoms with van der Waals surface area (Å²) in [6.07, 6.45) is 2.33. The first-order chi connectivity index (χ1) is 8.72. The Kier molecular flexibility index (Phi) is 3.82. The molecule has 3 nitrogen and oxygen atoms in total. The summed E-state index contributed by atoms with van der Waals surface area (Å²) in [5.41, 5.74) is 0.481. The number of phenolic OH excluding ortho intramolecular Hbond substituents is 1. The average Bonchev–Trinajstić information content (AvgIpc) is 2.40. The number of carbonyl (C=O) groups excluding carboxylic acids is 1. The molecule has 0 aliphatic rings. The molecule has 0 atom stereocenters. The number of phenols is 1. The van der Waals surface area contributed by atoms with Crippen LogP contribution < -0.4 is 5.32 Å². The molecule has 0 aliphatic carbocycles. The summed E-state index contributed by atoms with van der Waals surface area (Å²) in [6.45, 7) is 2.04. The Bertz CT molecular complexity index is 563. The lowest BCUT2D eigenvalue weighted by molar-refractivity contribution is -0.116. The fraction of sp³-hybridized carbons (Fsp3) is 0.267. The molecule has 0 unspecified atom stereocenters. The Balaban J connectivity index is 2.24. The van der Waals surface area contributed by atoms with Crippen molar-refractivity contribution in [3.05, 3.63) is 36.4 Å². The van der Waals surface area contributed by atoms with Crippen LogP contribution in [0, 0.1) is 0 Å². The minimum Gasteiger partial charge on any atom is -0.505 e. The lowest BCUT2D eigenvalue weighted by atomic mass is 10.1. The number of rotatable bonds is 4. The van der Waals surface area contributed by atoms with Crippen molar-refractivity contribution in [2.24, 2.45) is 0 Å². The van der Waals surface area contributed by atoms with Crippen LogP contribution in [0.25, 0.3) is 10.8 Å². The molecule has 18 heavy (non-hydrogen) atoms. The molecule has 0 fully saturated rings. The van der Waals surface area contributed by atoms with Gasteiger partial charge in [-0.25, -0.2) is 0 Å². The van der Waals surface area contributed by atoms with E-state index in [0.717, 1.165) is 23.6 Å². The van der Waals surface area contributed by atoms with Crippen LogP contribution in [-0.4, -0.2) is 11.0 Å². The number of hydrogen-bond donors (Lipinski definition) is 2. The Labute approximate surface area is 106 Å². The molecular formula is C15H17NO2. The van der Waals surface area contributed by atoms with Crippen LogP contribution >= 0.6 is 0 Å². The van der Waals surface area contributed by atoms with E-state index in [4.69, 9.17) is 0 Å². The van der Waals surface area contributed by atoms with Gasteiger partial charge in [0.2, 0.25) is 5.91 Å². The molecule has 2 rings (SSSR count). The van der Waals surface area contributed by atoms with Gasteiger partial charge in [0.05, 0.1) is 5.69 Å². The highest BCUT2D eigenvalue weighted by Gasteiger charge is 2.08. The normalized spacial score (nSPS) is 10.5. The van der Waals surface area contributed by atoms with E-state index in [1.807, 2.05) is 37.3 Å². The molecule has 94 valence electrons. The van der Waals surface area contributed by atoms with Gasteiger partial charge in [0.1, 0.15) is 5.75 Å². The molecule has 0 radical (unpaired) electrons. The zero-order valence-electron chi connectivity index (χ0n) is 10.4. The van der Waals surface area contributed by atoms with Gasteiger partial charge >= 0.3 is 0 Å². The van der Waals surface area contributed by atoms with Gasteiger partial charge in [0.25, 0.3) is 0 Å². The maximum atomic E-state index is 11.6. The number of hydrogen-bond acceptors (Lipinski definition) is 2. The van der Waals surface area contributed by atoms with Crippen LogP contribution in [0.15, 0.2) is 36.4 Å². The molecule has 0 aromatic heterocycles. The second-order valence-electron chi connectivity index (χ2n) is 4.33. The third kappa shape index (κ3) is 2.62. The molecule has 0 bridgehead atoms. The second-order valence-corrected chi connectivity index (χ2v) is 4.33. The van der Waals surface area contributed by atoms with Crippen LogP contribution in [0.4, 0.5) is 5.69 Å². The van der Waals surface area contributed by atoms with E-state index in [0.29, 0.717) is 12.1 Å². The van der Waals surface area contributed by atoms with E-state index >= 15 is 0 Å². The molecule has 0 saturated heterocycles. The van der Waals surface area contributed by atoms with Gasteiger partial charge in [0.15, 0.2) is 0 Å². The summed E-state index contributed by atoms with van der Waals surface area (Å²) in [6, 6.07) is 11.2. The first-order valence-electron chi connectivity index (χ1n) is 6.23. The molecule has 2 aromatic rings. The molecule has 0 heterocycles. The number of anilines is 1. The zero-order chi connectivity index (χ0) is 13.0. The fourth-order valence-electron chi connectivity index (χ4n) is 1.91. The monoisotopic (exact) mass is 243 g/mol. The number of aromatic hydroxyl groups is 1. The highest BCUT2D eigenvalue weighted by atomic mass is 16.3. The SMILES string of the molecule is CCCCC(=O)Nc1ccc2ccccc2c1O. The smallest absolute Gasteiger partial charge is 0.224 e. The van der Waals surface area contributed by atoms with Gasteiger partial charge in [-0.05, 0) is 17.9 Å². The first-order valence-corrected chi connectivity index (χ1v) is 6.23. The van der Waals surface area contributed by atoms with Crippen molar-refractivity contribution >= 4 is 22.4 Å². The van der Waals surface area contributed by atoms with E-state index in [1.165, 1.54) is 0 Å². The minimum atomic E-state index is -0.0533. The predicted molar refractivity (Wildman–Crippen MR) is 73.8 cm³/mol. The summed E-state index contributed by atoms with van der Waals surface area (Å²) in [4.78, 5) is 11.6. The Morgan fingerprint density at radius 3 is 2.78 bits per heavy atom. The van der Waals surface area contributed by atoms with Crippen molar-refractivity contribution in [2.45, 2.75) is 26.2 Å². The van der Waals surface area contributed by atoms with Crippen molar-refractivity contribution in [3.63, 3.8) is 0 Å². The molecular weight excluding hydrogens is 226 g/mol. The Morgan fingerprint density at radius 2 is 2.00 bits per heavy atom. The van der Waals surface area contributed by atoms with Crippen LogP contribution in [0.5, 0.6) is 5.75 Å². The lowest BCUT2D eigenvalue weighted by Crippen LogP contribution is -2.11. The standard InChI is InChI=1S/C15H17NO2/c1-2-3-8-14(17)16-13-10-9-11-6-4-5-7-12(11)15(13)18/h4-7,9-10,18H,2-3,8H2,1H3,(H,16,17). The molecule has 0 saturated carbocycles. The summed E-state index contributed by atoms with van der Waals surface area (Å²) in [7, 11) is 0. The minimum absolute atomic E-state index is 0.0533. The maximum absolute atomic E-state index is 11.6. The molecule has 1 amide bonds. The van der Waals surface area contributed by atoms with Gasteiger partial charge < -0.3 is 10.4 Å². The van der Waals surface area contributed by atoms with Crippen molar-refractivity contribution in [1.29, 1.82) is 0 Å². The molecule has 3 heteroatoms. The molecule has 0 aliphatic heterocycles. The number of benzene rings is 2. The summed E-state index contributed by atoms with van der Waals surface area (Å²) < 4.78 is 0. The van der Waals surface area contributed by atoms with Crippen molar-refractivity contribution in [1.82, 2.24) is 0 Å². The highest BCUT2D eigenvalue weighted by Crippen LogP contribution is 2.32. The molecule has 2 aromatic carbocycles. The zero-order valence-corrected chi connectivity index (χ0v) is 10.4. The van der Waals surface area contributed by atoms with Crippen molar-refractivity contribution in [2.75, 3.05) is 5.32 Å². The summed E-state index contributed by atoms with van der Waals surface area (Å²) in [5.74, 6) is 0.0837. The van der Waals surface area contributed by atoms with Crippen LogP contribution in [-0.2, 0) is 4.79 Å². The first kappa shape index (κ1) is 12.4. The van der Waals surface area contributed by atoms with E-state index in [9.17, 15) is 9.90 Å². The second kappa shape index (κ2) is 5.54. The largest absolute Gasteiger partial charge is 0.505 e. The van der Waals surface area contributed by atoms with Gasteiger partial charge in [-0.15, -0.1) is 0 Å². The van der Waals surface area contributed by atoms with Gasteiger partial charge in [-0.3, -0.25) is 4.79 Å². The Morgan fingerprint density at radius 1 is 1.22 bits per heavy atom. The van der Waals surface area contributed by atoms with Crippen LogP contribution in [0.1, 0.15) is 26.2 Å². The van der Waals surface area contributed by atoms with Crippen LogP contribution in [0.2, 0.25) is 0 Å². The number of nitrogens with one attached hydrogen (secondary N) is 1. The van der Waals surface area contributed by atoms with E-state index in [2.05, 4.69) is 5.32 Å². The number of unbranched alkanes of at least 4 members (excludes halogenated alkanes) is 1. The lowest BCUT2D eigenvalue weighted by Gasteiger charge is -2.09. The molecule has 2 N–H and O–H groups in total.